The van der Waals surface area contributed by atoms with Crippen molar-refractivity contribution < 1.29 is 13.9 Å². The minimum absolute atomic E-state index is 0.284. The molecular formula is C29H31N5O4. The number of benzene rings is 2. The van der Waals surface area contributed by atoms with Crippen molar-refractivity contribution in [2.24, 2.45) is 0 Å². The van der Waals surface area contributed by atoms with Gasteiger partial charge < -0.3 is 29.0 Å². The number of piperazine rings is 1. The Morgan fingerprint density at radius 1 is 1.00 bits per heavy atom. The molecule has 0 spiro atoms. The Kier molecular flexibility index (Phi) is 6.15. The number of fused-ring (bicyclic) bond motifs is 2. The van der Waals surface area contributed by atoms with E-state index in [9.17, 15) is 4.79 Å². The van der Waals surface area contributed by atoms with Gasteiger partial charge in [0.1, 0.15) is 35.2 Å². The molecule has 1 atom stereocenters. The number of anilines is 3. The molecule has 0 bridgehead atoms. The van der Waals surface area contributed by atoms with E-state index in [4.69, 9.17) is 13.9 Å². The number of nitrogens with zero attached hydrogens (tertiary/aromatic N) is 4. The van der Waals surface area contributed by atoms with Crippen LogP contribution in [0.2, 0.25) is 0 Å². The number of likely N-dealkylation sites (N-methyl/N-ethyl adjacent to an activating group) is 1. The summed E-state index contributed by atoms with van der Waals surface area (Å²) < 4.78 is 18.0. The summed E-state index contributed by atoms with van der Waals surface area (Å²) in [5.74, 6) is 1.81. The smallest absolute Gasteiger partial charge is 0.336 e. The van der Waals surface area contributed by atoms with E-state index in [1.54, 1.807) is 18.2 Å². The molecule has 0 saturated carbocycles. The Bertz CT molecular complexity index is 1510. The Morgan fingerprint density at radius 2 is 1.79 bits per heavy atom. The zero-order valence-corrected chi connectivity index (χ0v) is 21.8. The topological polar surface area (TPSA) is 93.0 Å². The van der Waals surface area contributed by atoms with E-state index < -0.39 is 5.60 Å². The van der Waals surface area contributed by atoms with Crippen LogP contribution in [0.25, 0.3) is 11.0 Å². The quantitative estimate of drug-likeness (QED) is 0.393. The molecular weight excluding hydrogens is 482 g/mol. The van der Waals surface area contributed by atoms with Gasteiger partial charge in [0.15, 0.2) is 0 Å². The summed E-state index contributed by atoms with van der Waals surface area (Å²) in [6.07, 6.45) is 1.84. The molecule has 2 aliphatic heterocycles. The van der Waals surface area contributed by atoms with Gasteiger partial charge in [0.2, 0.25) is 5.88 Å². The highest BCUT2D eigenvalue weighted by Gasteiger charge is 2.39. The van der Waals surface area contributed by atoms with Gasteiger partial charge in [-0.1, -0.05) is 0 Å². The van der Waals surface area contributed by atoms with Crippen LogP contribution < -0.4 is 25.3 Å². The van der Waals surface area contributed by atoms with Crippen LogP contribution in [-0.4, -0.2) is 59.8 Å². The van der Waals surface area contributed by atoms with Gasteiger partial charge in [0.05, 0.1) is 0 Å². The number of hydrogen-bond donors (Lipinski definition) is 1. The molecule has 2 aromatic carbocycles. The van der Waals surface area contributed by atoms with Gasteiger partial charge in [-0.15, -0.1) is 0 Å². The molecule has 0 amide bonds. The average Bonchev–Trinajstić information content (AvgIpc) is 2.89. The molecule has 1 fully saturated rings. The third-order valence-electron chi connectivity index (χ3n) is 7.27. The molecule has 6 rings (SSSR count). The molecule has 38 heavy (non-hydrogen) atoms. The Labute approximate surface area is 221 Å². The van der Waals surface area contributed by atoms with E-state index in [1.807, 2.05) is 19.9 Å². The maximum absolute atomic E-state index is 11.6. The summed E-state index contributed by atoms with van der Waals surface area (Å²) in [7, 11) is 2.16. The molecule has 9 heteroatoms. The first kappa shape index (κ1) is 24.2. The van der Waals surface area contributed by atoms with Crippen molar-refractivity contribution in [2.75, 3.05) is 43.4 Å². The fourth-order valence-electron chi connectivity index (χ4n) is 4.96. The lowest BCUT2D eigenvalue weighted by molar-refractivity contribution is -0.0286. The Morgan fingerprint density at radius 3 is 2.58 bits per heavy atom. The number of hydrogen-bond acceptors (Lipinski definition) is 9. The maximum atomic E-state index is 11.6. The minimum Gasteiger partial charge on any atom is -0.484 e. The molecule has 9 nitrogen and oxygen atoms in total. The zero-order chi connectivity index (χ0) is 26.3. The second-order valence-corrected chi connectivity index (χ2v) is 10.5. The first-order valence-electron chi connectivity index (χ1n) is 12.9. The van der Waals surface area contributed by atoms with Crippen LogP contribution in [-0.2, 0) is 6.42 Å². The predicted octanol–water partition coefficient (Wildman–Crippen LogP) is 4.24. The van der Waals surface area contributed by atoms with Gasteiger partial charge in [0, 0.05) is 67.6 Å². The van der Waals surface area contributed by atoms with Crippen molar-refractivity contribution >= 4 is 28.2 Å². The Hall–Kier alpha value is -4.11. The molecule has 2 aromatic heterocycles. The molecule has 0 unspecified atom stereocenters. The van der Waals surface area contributed by atoms with Gasteiger partial charge in [0.25, 0.3) is 0 Å². The lowest BCUT2D eigenvalue weighted by Gasteiger charge is -2.39. The normalized spacial score (nSPS) is 19.0. The average molecular weight is 514 g/mol. The van der Waals surface area contributed by atoms with E-state index in [1.165, 1.54) is 18.1 Å². The zero-order valence-electron chi connectivity index (χ0n) is 21.8. The van der Waals surface area contributed by atoms with Crippen LogP contribution in [0.15, 0.2) is 70.1 Å². The van der Waals surface area contributed by atoms with Gasteiger partial charge in [-0.3, -0.25) is 0 Å². The molecule has 4 aromatic rings. The van der Waals surface area contributed by atoms with Crippen molar-refractivity contribution in [3.8, 4) is 11.6 Å². The van der Waals surface area contributed by atoms with Crippen molar-refractivity contribution in [3.05, 3.63) is 76.9 Å². The number of nitrogens with one attached hydrogen (secondary N) is 1. The highest BCUT2D eigenvalue weighted by atomic mass is 16.6. The molecule has 4 heterocycles. The SMILES string of the molecule is CN1CCN(c2ccc(Nc3cc(O[C@H]4Cc5cc6ccc(=O)oc6cc5OC4(C)C)ncn3)cc2)CC1. The Balaban J connectivity index is 1.16. The molecule has 196 valence electrons. The van der Waals surface area contributed by atoms with Crippen molar-refractivity contribution in [3.63, 3.8) is 0 Å². The van der Waals surface area contributed by atoms with Gasteiger partial charge in [-0.2, -0.15) is 0 Å². The summed E-state index contributed by atoms with van der Waals surface area (Å²) >= 11 is 0. The number of rotatable bonds is 5. The number of aromatic nitrogens is 2. The molecule has 2 aliphatic rings. The first-order valence-corrected chi connectivity index (χ1v) is 12.9. The van der Waals surface area contributed by atoms with Gasteiger partial charge in [-0.05, 0) is 62.9 Å². The summed E-state index contributed by atoms with van der Waals surface area (Å²) in [6.45, 7) is 8.19. The van der Waals surface area contributed by atoms with Crippen LogP contribution in [0.3, 0.4) is 0 Å². The van der Waals surface area contributed by atoms with E-state index in [0.717, 1.165) is 42.8 Å². The summed E-state index contributed by atoms with van der Waals surface area (Å²) in [4.78, 5) is 25.1. The third-order valence-corrected chi connectivity index (χ3v) is 7.27. The van der Waals surface area contributed by atoms with Gasteiger partial charge in [-0.25, -0.2) is 14.8 Å². The van der Waals surface area contributed by atoms with Crippen molar-refractivity contribution in [2.45, 2.75) is 32.0 Å². The lowest BCUT2D eigenvalue weighted by Crippen LogP contribution is -2.49. The van der Waals surface area contributed by atoms with Crippen LogP contribution >= 0.6 is 0 Å². The maximum Gasteiger partial charge on any atom is 0.336 e. The summed E-state index contributed by atoms with van der Waals surface area (Å²) in [6, 6.07) is 17.2. The van der Waals surface area contributed by atoms with E-state index in [-0.39, 0.29) is 11.7 Å². The second kappa shape index (κ2) is 9.64. The highest BCUT2D eigenvalue weighted by Crippen LogP contribution is 2.37. The summed E-state index contributed by atoms with van der Waals surface area (Å²) in [5.41, 5.74) is 2.66. The lowest BCUT2D eigenvalue weighted by atomic mass is 9.90. The fraction of sp³-hybridized carbons (Fsp3) is 0.345. The van der Waals surface area contributed by atoms with E-state index in [0.29, 0.717) is 29.5 Å². The third kappa shape index (κ3) is 5.02. The molecule has 0 radical (unpaired) electrons. The van der Waals surface area contributed by atoms with Gasteiger partial charge >= 0.3 is 5.63 Å². The molecule has 0 aliphatic carbocycles. The van der Waals surface area contributed by atoms with Crippen molar-refractivity contribution in [1.82, 2.24) is 14.9 Å². The van der Waals surface area contributed by atoms with Crippen LogP contribution in [0.4, 0.5) is 17.2 Å². The number of ether oxygens (including phenoxy) is 2. The van der Waals surface area contributed by atoms with Crippen LogP contribution in [0.5, 0.6) is 11.6 Å². The predicted molar refractivity (Wildman–Crippen MR) is 147 cm³/mol. The first-order chi connectivity index (χ1) is 18.3. The van der Waals surface area contributed by atoms with Crippen LogP contribution in [0, 0.1) is 0 Å². The summed E-state index contributed by atoms with van der Waals surface area (Å²) in [5, 5.41) is 4.20. The van der Waals surface area contributed by atoms with E-state index in [2.05, 4.69) is 56.4 Å². The second-order valence-electron chi connectivity index (χ2n) is 10.5. The molecule has 1 N–H and O–H groups in total. The monoisotopic (exact) mass is 513 g/mol. The van der Waals surface area contributed by atoms with E-state index >= 15 is 0 Å². The standard InChI is InChI=1S/C29H31N5O4/c1-29(2)25(15-20-14-19-4-9-28(35)36-23(19)16-24(20)38-29)37-27-17-26(30-18-31-27)32-21-5-7-22(8-6-21)34-12-10-33(3)11-13-34/h4-9,14,16-18,25H,10-13,15H2,1-3H3,(H,30,31,32)/t25-/m0/s1. The van der Waals surface area contributed by atoms with Crippen molar-refractivity contribution in [1.29, 1.82) is 0 Å². The highest BCUT2D eigenvalue weighted by molar-refractivity contribution is 5.79. The molecule has 1 saturated heterocycles. The fourth-order valence-corrected chi connectivity index (χ4v) is 4.96. The largest absolute Gasteiger partial charge is 0.484 e. The van der Waals surface area contributed by atoms with Crippen LogP contribution in [0.1, 0.15) is 19.4 Å². The minimum atomic E-state index is -0.632.